The van der Waals surface area contributed by atoms with E-state index in [2.05, 4.69) is 10.3 Å². The molecule has 1 aliphatic rings. The second-order valence-electron chi connectivity index (χ2n) is 5.68. The first-order valence-corrected chi connectivity index (χ1v) is 7.88. The maximum Gasteiger partial charge on any atom is 0.314 e. The van der Waals surface area contributed by atoms with Crippen LogP contribution in [0.3, 0.4) is 0 Å². The molecule has 0 aliphatic heterocycles. The minimum atomic E-state index is -1.77. The fourth-order valence-corrected chi connectivity index (χ4v) is 2.60. The first kappa shape index (κ1) is 17.4. The van der Waals surface area contributed by atoms with E-state index in [0.717, 1.165) is 0 Å². The number of pyridine rings is 1. The summed E-state index contributed by atoms with van der Waals surface area (Å²) in [5.41, 5.74) is 4.70. The summed E-state index contributed by atoms with van der Waals surface area (Å²) in [4.78, 5) is 28.2. The van der Waals surface area contributed by atoms with Crippen LogP contribution in [-0.4, -0.2) is 27.6 Å². The van der Waals surface area contributed by atoms with Crippen molar-refractivity contribution in [2.45, 2.75) is 5.66 Å². The molecule has 2 aromatic rings. The second-order valence-corrected chi connectivity index (χ2v) is 5.68. The Bertz CT molecular complexity index is 865. The molecule has 1 heterocycles. The van der Waals surface area contributed by atoms with Crippen LogP contribution in [0.1, 0.15) is 10.5 Å². The van der Waals surface area contributed by atoms with Gasteiger partial charge in [0.2, 0.25) is 0 Å². The van der Waals surface area contributed by atoms with Crippen LogP contribution < -0.4 is 15.8 Å². The molecule has 2 unspecified atom stereocenters. The highest BCUT2D eigenvalue weighted by molar-refractivity contribution is 5.93. The minimum absolute atomic E-state index is 0.114. The van der Waals surface area contributed by atoms with Crippen LogP contribution in [-0.2, 0) is 4.79 Å². The lowest BCUT2D eigenvalue weighted by Gasteiger charge is -2.37. The average molecular weight is 351 g/mol. The summed E-state index contributed by atoms with van der Waals surface area (Å²) in [5.74, 6) is -2.41. The van der Waals surface area contributed by atoms with E-state index in [1.165, 1.54) is 30.5 Å². The molecule has 26 heavy (non-hydrogen) atoms. The average Bonchev–Trinajstić information content (AvgIpc) is 2.64. The number of amides is 1. The van der Waals surface area contributed by atoms with Crippen molar-refractivity contribution >= 4 is 11.9 Å². The number of hydrogen-bond donors (Lipinski definition) is 3. The highest BCUT2D eigenvalue weighted by atomic mass is 16.5. The summed E-state index contributed by atoms with van der Waals surface area (Å²) < 4.78 is 5.77. The number of aromatic nitrogens is 1. The van der Waals surface area contributed by atoms with Gasteiger partial charge in [-0.15, -0.1) is 0 Å². The summed E-state index contributed by atoms with van der Waals surface area (Å²) >= 11 is 0. The van der Waals surface area contributed by atoms with Crippen LogP contribution in [0.2, 0.25) is 0 Å². The van der Waals surface area contributed by atoms with Gasteiger partial charge in [-0.2, -0.15) is 0 Å². The van der Waals surface area contributed by atoms with Crippen molar-refractivity contribution in [2.75, 3.05) is 0 Å². The number of rotatable bonds is 5. The van der Waals surface area contributed by atoms with Gasteiger partial charge in [-0.05, 0) is 30.3 Å². The molecular weight excluding hydrogens is 334 g/mol. The zero-order valence-corrected chi connectivity index (χ0v) is 13.7. The number of allylic oxidation sites excluding steroid dienone is 2. The van der Waals surface area contributed by atoms with Crippen LogP contribution >= 0.6 is 0 Å². The van der Waals surface area contributed by atoms with Crippen molar-refractivity contribution < 1.29 is 19.4 Å². The van der Waals surface area contributed by atoms with Gasteiger partial charge < -0.3 is 20.9 Å². The molecule has 0 fully saturated rings. The maximum atomic E-state index is 12.5. The number of nitrogens with zero attached hydrogens (tertiary/aromatic N) is 1. The fraction of sp³-hybridized carbons (Fsp3) is 0.105. The lowest BCUT2D eigenvalue weighted by molar-refractivity contribution is -0.142. The van der Waals surface area contributed by atoms with Gasteiger partial charge in [-0.3, -0.25) is 14.6 Å². The normalized spacial score (nSPS) is 21.6. The number of hydrogen-bond acceptors (Lipinski definition) is 5. The Balaban J connectivity index is 1.93. The minimum Gasteiger partial charge on any atom is -0.481 e. The number of carboxylic acids is 1. The van der Waals surface area contributed by atoms with E-state index in [1.807, 2.05) is 6.07 Å². The van der Waals surface area contributed by atoms with E-state index in [1.54, 1.807) is 36.4 Å². The van der Waals surface area contributed by atoms with E-state index in [9.17, 15) is 14.7 Å². The van der Waals surface area contributed by atoms with Crippen molar-refractivity contribution in [3.8, 4) is 5.75 Å². The van der Waals surface area contributed by atoms with Gasteiger partial charge >= 0.3 is 5.97 Å². The Morgan fingerprint density at radius 1 is 1.15 bits per heavy atom. The van der Waals surface area contributed by atoms with E-state index in [-0.39, 0.29) is 11.5 Å². The van der Waals surface area contributed by atoms with Crippen LogP contribution in [0.25, 0.3) is 0 Å². The zero-order valence-electron chi connectivity index (χ0n) is 13.7. The molecule has 132 valence electrons. The Kier molecular flexibility index (Phi) is 4.81. The first-order valence-electron chi connectivity index (χ1n) is 7.88. The predicted molar refractivity (Wildman–Crippen MR) is 94.0 cm³/mol. The van der Waals surface area contributed by atoms with Crippen LogP contribution in [0.5, 0.6) is 5.75 Å². The van der Waals surface area contributed by atoms with Crippen molar-refractivity contribution in [2.24, 2.45) is 11.7 Å². The molecule has 1 aromatic heterocycles. The van der Waals surface area contributed by atoms with E-state index in [0.29, 0.717) is 5.75 Å². The van der Waals surface area contributed by atoms with Crippen molar-refractivity contribution in [3.05, 3.63) is 84.4 Å². The largest absolute Gasteiger partial charge is 0.481 e. The van der Waals surface area contributed by atoms with Crippen LogP contribution in [0.15, 0.2) is 78.7 Å². The molecular formula is C19H17N3O4. The number of ether oxygens (including phenoxy) is 1. The molecule has 0 radical (unpaired) electrons. The monoisotopic (exact) mass is 351 g/mol. The highest BCUT2D eigenvalue weighted by Gasteiger charge is 2.46. The molecule has 7 nitrogen and oxygen atoms in total. The maximum absolute atomic E-state index is 12.5. The van der Waals surface area contributed by atoms with Gasteiger partial charge in [0.1, 0.15) is 23.1 Å². The number of carbonyl (C=O) groups is 2. The number of benzene rings is 1. The van der Waals surface area contributed by atoms with Crippen molar-refractivity contribution in [3.63, 3.8) is 0 Å². The summed E-state index contributed by atoms with van der Waals surface area (Å²) in [6, 6.07) is 13.6. The second kappa shape index (κ2) is 7.20. The van der Waals surface area contributed by atoms with E-state index < -0.39 is 23.5 Å². The standard InChI is InChI=1S/C19H17N3O4/c20-19(22-17(23)15-10-4-5-12-21-15)14(18(24)25)9-6-11-16(19)26-13-7-2-1-3-8-13/h1-12,14H,20H2,(H,22,23)(H,24,25). The van der Waals surface area contributed by atoms with Gasteiger partial charge in [-0.25, -0.2) is 0 Å². The molecule has 0 saturated carbocycles. The van der Waals surface area contributed by atoms with Gasteiger partial charge in [0.25, 0.3) is 5.91 Å². The SMILES string of the molecule is NC1(NC(=O)c2ccccn2)C(Oc2ccccc2)=CC=CC1C(=O)O. The third-order valence-corrected chi connectivity index (χ3v) is 3.90. The summed E-state index contributed by atoms with van der Waals surface area (Å²) in [6.07, 6.45) is 5.93. The Hall–Kier alpha value is -3.45. The third-order valence-electron chi connectivity index (χ3n) is 3.90. The van der Waals surface area contributed by atoms with Gasteiger partial charge in [0, 0.05) is 6.20 Å². The summed E-state index contributed by atoms with van der Waals surface area (Å²) in [6.45, 7) is 0. The van der Waals surface area contributed by atoms with E-state index in [4.69, 9.17) is 10.5 Å². The number of nitrogens with one attached hydrogen (secondary N) is 1. The Morgan fingerprint density at radius 2 is 1.88 bits per heavy atom. The Morgan fingerprint density at radius 3 is 2.54 bits per heavy atom. The molecule has 0 spiro atoms. The Labute approximate surface area is 149 Å². The molecule has 1 aliphatic carbocycles. The predicted octanol–water partition coefficient (Wildman–Crippen LogP) is 1.70. The molecule has 7 heteroatoms. The zero-order chi connectivity index (χ0) is 18.6. The highest BCUT2D eigenvalue weighted by Crippen LogP contribution is 2.29. The van der Waals surface area contributed by atoms with Gasteiger partial charge in [0.05, 0.1) is 0 Å². The molecule has 2 atom stereocenters. The number of carbonyl (C=O) groups excluding carboxylic acids is 1. The summed E-state index contributed by atoms with van der Waals surface area (Å²) in [5, 5.41) is 12.1. The quantitative estimate of drug-likeness (QED) is 0.707. The smallest absolute Gasteiger partial charge is 0.314 e. The number of nitrogens with two attached hydrogens (primary N) is 1. The molecule has 4 N–H and O–H groups in total. The first-order chi connectivity index (χ1) is 12.5. The molecule has 1 amide bonds. The number of aliphatic carboxylic acids is 1. The molecule has 0 bridgehead atoms. The van der Waals surface area contributed by atoms with Gasteiger partial charge in [0.15, 0.2) is 5.66 Å². The lowest BCUT2D eigenvalue weighted by Crippen LogP contribution is -2.65. The van der Waals surface area contributed by atoms with E-state index >= 15 is 0 Å². The van der Waals surface area contributed by atoms with Crippen molar-refractivity contribution in [1.29, 1.82) is 0 Å². The molecule has 1 aromatic carbocycles. The fourth-order valence-electron chi connectivity index (χ4n) is 2.60. The van der Waals surface area contributed by atoms with Crippen LogP contribution in [0, 0.1) is 5.92 Å². The van der Waals surface area contributed by atoms with Gasteiger partial charge in [-0.1, -0.05) is 36.4 Å². The third kappa shape index (κ3) is 3.47. The topological polar surface area (TPSA) is 115 Å². The number of para-hydroxylation sites is 1. The molecule has 3 rings (SSSR count). The summed E-state index contributed by atoms with van der Waals surface area (Å²) in [7, 11) is 0. The lowest BCUT2D eigenvalue weighted by atomic mass is 9.86. The van der Waals surface area contributed by atoms with Crippen LogP contribution in [0.4, 0.5) is 0 Å². The number of carboxylic acid groups (broad SMARTS) is 1. The van der Waals surface area contributed by atoms with Crippen molar-refractivity contribution in [1.82, 2.24) is 10.3 Å². The molecule has 0 saturated heterocycles.